The largest absolute Gasteiger partial charge is 0.493 e. The van der Waals surface area contributed by atoms with E-state index in [4.69, 9.17) is 24.7 Å². The standard InChI is InChI=1S/C31H32N2O5/c1-4-5-6-9-16-36-26-15-12-21(17-28(26)35-3)29-24-14-13-22(18-27(24)38-30(33)25(29)19-32)37-31(34)23-11-8-7-10-20(23)2/h7-8,10-15,17-18,29H,4-6,9,16,33H2,1-3H3. The molecule has 0 aliphatic carbocycles. The van der Waals surface area contributed by atoms with Gasteiger partial charge < -0.3 is 24.7 Å². The van der Waals surface area contributed by atoms with Crippen molar-refractivity contribution in [2.45, 2.75) is 45.4 Å². The fourth-order valence-electron chi connectivity index (χ4n) is 4.50. The number of unbranched alkanes of at least 4 members (excludes halogenated alkanes) is 3. The van der Waals surface area contributed by atoms with Crippen molar-refractivity contribution in [1.82, 2.24) is 0 Å². The zero-order valence-corrected chi connectivity index (χ0v) is 22.0. The SMILES string of the molecule is CCCCCCOc1ccc(C2C(C#N)=C(N)Oc3cc(OC(=O)c4ccccc4C)ccc32)cc1OC. The van der Waals surface area contributed by atoms with Crippen molar-refractivity contribution in [2.24, 2.45) is 5.73 Å². The average Bonchev–Trinajstić information content (AvgIpc) is 2.92. The monoisotopic (exact) mass is 512 g/mol. The van der Waals surface area contributed by atoms with E-state index >= 15 is 0 Å². The van der Waals surface area contributed by atoms with E-state index < -0.39 is 11.9 Å². The molecule has 2 N–H and O–H groups in total. The van der Waals surface area contributed by atoms with E-state index in [0.29, 0.717) is 35.2 Å². The lowest BCUT2D eigenvalue weighted by Crippen LogP contribution is -2.21. The van der Waals surface area contributed by atoms with Gasteiger partial charge in [0.1, 0.15) is 23.1 Å². The molecular formula is C31H32N2O5. The van der Waals surface area contributed by atoms with Crippen molar-refractivity contribution in [1.29, 1.82) is 5.26 Å². The molecule has 1 unspecified atom stereocenters. The van der Waals surface area contributed by atoms with Crippen LogP contribution in [0, 0.1) is 18.3 Å². The van der Waals surface area contributed by atoms with Gasteiger partial charge in [-0.3, -0.25) is 0 Å². The number of ether oxygens (including phenoxy) is 4. The Morgan fingerprint density at radius 1 is 1.05 bits per heavy atom. The van der Waals surface area contributed by atoms with Gasteiger partial charge in [-0.2, -0.15) is 5.26 Å². The second-order valence-corrected chi connectivity index (χ2v) is 9.15. The van der Waals surface area contributed by atoms with Gasteiger partial charge in [0, 0.05) is 11.6 Å². The van der Waals surface area contributed by atoms with Crippen LogP contribution in [0.3, 0.4) is 0 Å². The van der Waals surface area contributed by atoms with Crippen LogP contribution in [0.2, 0.25) is 0 Å². The number of nitrogens with two attached hydrogens (primary N) is 1. The molecule has 0 spiro atoms. The zero-order valence-electron chi connectivity index (χ0n) is 22.0. The number of hydrogen-bond acceptors (Lipinski definition) is 7. The van der Waals surface area contributed by atoms with Gasteiger partial charge >= 0.3 is 5.97 Å². The second kappa shape index (κ2) is 12.2. The molecule has 1 atom stereocenters. The molecule has 0 saturated heterocycles. The maximum atomic E-state index is 12.7. The molecule has 0 radical (unpaired) electrons. The Bertz CT molecular complexity index is 1390. The van der Waals surface area contributed by atoms with Crippen molar-refractivity contribution >= 4 is 5.97 Å². The van der Waals surface area contributed by atoms with E-state index in [0.717, 1.165) is 29.5 Å². The zero-order chi connectivity index (χ0) is 27.1. The number of nitriles is 1. The van der Waals surface area contributed by atoms with E-state index in [9.17, 15) is 10.1 Å². The van der Waals surface area contributed by atoms with Crippen LogP contribution in [-0.4, -0.2) is 19.7 Å². The Labute approximate surface area is 223 Å². The number of aryl methyl sites for hydroxylation is 1. The topological polar surface area (TPSA) is 104 Å². The summed E-state index contributed by atoms with van der Waals surface area (Å²) in [5, 5.41) is 9.92. The Morgan fingerprint density at radius 2 is 1.87 bits per heavy atom. The highest BCUT2D eigenvalue weighted by Gasteiger charge is 2.32. The summed E-state index contributed by atoms with van der Waals surface area (Å²) in [7, 11) is 1.59. The van der Waals surface area contributed by atoms with Gasteiger partial charge in [0.15, 0.2) is 11.5 Å². The van der Waals surface area contributed by atoms with Crippen LogP contribution in [0.1, 0.15) is 65.6 Å². The number of nitrogens with zero attached hydrogens (tertiary/aromatic N) is 1. The normalized spacial score (nSPS) is 14.2. The van der Waals surface area contributed by atoms with Crippen LogP contribution >= 0.6 is 0 Å². The minimum absolute atomic E-state index is 0.00241. The molecule has 0 bridgehead atoms. The summed E-state index contributed by atoms with van der Waals surface area (Å²) in [5.74, 6) is 0.997. The maximum absolute atomic E-state index is 12.7. The highest BCUT2D eigenvalue weighted by molar-refractivity contribution is 5.92. The molecule has 0 saturated carbocycles. The first-order valence-electron chi connectivity index (χ1n) is 12.8. The molecule has 1 aliphatic heterocycles. The van der Waals surface area contributed by atoms with Crippen molar-refractivity contribution < 1.29 is 23.7 Å². The molecule has 1 aliphatic rings. The van der Waals surface area contributed by atoms with Crippen LogP contribution < -0.4 is 24.7 Å². The van der Waals surface area contributed by atoms with Crippen molar-refractivity contribution in [2.75, 3.05) is 13.7 Å². The Kier molecular flexibility index (Phi) is 8.55. The average molecular weight is 513 g/mol. The number of esters is 1. The number of carbonyl (C=O) groups excluding carboxylic acids is 1. The van der Waals surface area contributed by atoms with Gasteiger partial charge in [0.25, 0.3) is 0 Å². The van der Waals surface area contributed by atoms with Gasteiger partial charge in [-0.25, -0.2) is 4.79 Å². The Morgan fingerprint density at radius 3 is 2.61 bits per heavy atom. The molecule has 0 fully saturated rings. The predicted molar refractivity (Wildman–Crippen MR) is 145 cm³/mol. The van der Waals surface area contributed by atoms with Gasteiger partial charge in [0.2, 0.25) is 5.88 Å². The predicted octanol–water partition coefficient (Wildman–Crippen LogP) is 6.40. The fraction of sp³-hybridized carbons (Fsp3) is 0.290. The second-order valence-electron chi connectivity index (χ2n) is 9.15. The molecule has 196 valence electrons. The van der Waals surface area contributed by atoms with Crippen molar-refractivity contribution in [3.05, 3.63) is 94.4 Å². The van der Waals surface area contributed by atoms with E-state index in [1.165, 1.54) is 12.8 Å². The molecule has 0 aromatic heterocycles. The highest BCUT2D eigenvalue weighted by atomic mass is 16.5. The van der Waals surface area contributed by atoms with Crippen molar-refractivity contribution in [3.8, 4) is 29.1 Å². The minimum atomic E-state index is -0.489. The van der Waals surface area contributed by atoms with Gasteiger partial charge in [0.05, 0.1) is 25.2 Å². The molecule has 3 aromatic rings. The first-order valence-corrected chi connectivity index (χ1v) is 12.8. The number of benzene rings is 3. The number of rotatable bonds is 10. The quantitative estimate of drug-likeness (QED) is 0.190. The first kappa shape index (κ1) is 26.6. The molecule has 1 heterocycles. The molecule has 38 heavy (non-hydrogen) atoms. The summed E-state index contributed by atoms with van der Waals surface area (Å²) >= 11 is 0. The molecule has 0 amide bonds. The molecular weight excluding hydrogens is 480 g/mol. The van der Waals surface area contributed by atoms with Crippen LogP contribution in [0.25, 0.3) is 0 Å². The summed E-state index contributed by atoms with van der Waals surface area (Å²) in [6, 6.07) is 20.1. The van der Waals surface area contributed by atoms with Crippen LogP contribution in [0.4, 0.5) is 0 Å². The summed E-state index contributed by atoms with van der Waals surface area (Å²) in [6.45, 7) is 4.63. The lowest BCUT2D eigenvalue weighted by atomic mass is 9.83. The number of allylic oxidation sites excluding steroid dienone is 1. The van der Waals surface area contributed by atoms with E-state index in [1.54, 1.807) is 37.4 Å². The number of carbonyl (C=O) groups is 1. The molecule has 7 heteroatoms. The number of methoxy groups -OCH3 is 1. The maximum Gasteiger partial charge on any atom is 0.343 e. The third kappa shape index (κ3) is 5.76. The van der Waals surface area contributed by atoms with Crippen LogP contribution in [0.15, 0.2) is 72.1 Å². The smallest absolute Gasteiger partial charge is 0.343 e. The fourth-order valence-corrected chi connectivity index (χ4v) is 4.50. The molecule has 7 nitrogen and oxygen atoms in total. The third-order valence-corrected chi connectivity index (χ3v) is 6.54. The summed E-state index contributed by atoms with van der Waals surface area (Å²) in [4.78, 5) is 12.7. The van der Waals surface area contributed by atoms with Crippen LogP contribution in [0.5, 0.6) is 23.0 Å². The number of fused-ring (bicyclic) bond motifs is 1. The van der Waals surface area contributed by atoms with Gasteiger partial charge in [-0.15, -0.1) is 0 Å². The first-order chi connectivity index (χ1) is 18.5. The summed E-state index contributed by atoms with van der Waals surface area (Å²) < 4.78 is 23.0. The van der Waals surface area contributed by atoms with E-state index in [2.05, 4.69) is 13.0 Å². The Balaban J connectivity index is 1.61. The van der Waals surface area contributed by atoms with E-state index in [-0.39, 0.29) is 11.5 Å². The van der Waals surface area contributed by atoms with E-state index in [1.807, 2.05) is 37.3 Å². The summed E-state index contributed by atoms with van der Waals surface area (Å²) in [5.41, 5.74) is 9.29. The Hall–Kier alpha value is -4.44. The highest BCUT2D eigenvalue weighted by Crippen LogP contribution is 2.45. The third-order valence-electron chi connectivity index (χ3n) is 6.54. The van der Waals surface area contributed by atoms with Crippen LogP contribution in [-0.2, 0) is 0 Å². The lowest BCUT2D eigenvalue weighted by molar-refractivity contribution is 0.0733. The summed E-state index contributed by atoms with van der Waals surface area (Å²) in [6.07, 6.45) is 4.44. The van der Waals surface area contributed by atoms with Crippen molar-refractivity contribution in [3.63, 3.8) is 0 Å². The molecule has 3 aromatic carbocycles. The van der Waals surface area contributed by atoms with Gasteiger partial charge in [-0.1, -0.05) is 56.5 Å². The lowest BCUT2D eigenvalue weighted by Gasteiger charge is -2.27. The van der Waals surface area contributed by atoms with Gasteiger partial charge in [-0.05, 0) is 48.7 Å². The molecule has 4 rings (SSSR count). The number of hydrogen-bond donors (Lipinski definition) is 1. The minimum Gasteiger partial charge on any atom is -0.493 e.